The Morgan fingerprint density at radius 3 is 1.70 bits per heavy atom. The first-order valence-electron chi connectivity index (χ1n) is 10.7. The maximum Gasteiger partial charge on any atom is 0.573 e. The molecule has 0 bridgehead atoms. The molecule has 0 unspecified atom stereocenters. The number of carbonyl (C=O) groups excluding carboxylic acids is 1. The third-order valence-electron chi connectivity index (χ3n) is 5.06. The highest BCUT2D eigenvalue weighted by molar-refractivity contribution is 5.70. The van der Waals surface area contributed by atoms with E-state index in [2.05, 4.69) is 14.8 Å². The minimum absolute atomic E-state index is 0.0134. The molecule has 0 radical (unpaired) electrons. The topological polar surface area (TPSA) is 56.8 Å². The van der Waals surface area contributed by atoms with Crippen LogP contribution in [0.25, 0.3) is 0 Å². The van der Waals surface area contributed by atoms with Crippen LogP contribution in [0.4, 0.5) is 35.5 Å². The standard InChI is InChI=1S/C25H20F7NO4/c26-12-13-35-22(34)33-23(16-17-6-2-1-3-7-17,18-8-4-10-20(14-18)36-24(27,28)29)19-9-5-11-21(15-19)37-25(30,31)32/h1-11,14-15H,12-13,16H2,(H,33,34). The average molecular weight is 531 g/mol. The Balaban J connectivity index is 2.23. The van der Waals surface area contributed by atoms with Gasteiger partial charge in [-0.1, -0.05) is 54.6 Å². The molecular formula is C25H20F7NO4. The predicted molar refractivity (Wildman–Crippen MR) is 118 cm³/mol. The van der Waals surface area contributed by atoms with Gasteiger partial charge in [0.1, 0.15) is 24.8 Å². The largest absolute Gasteiger partial charge is 0.573 e. The minimum Gasteiger partial charge on any atom is -0.447 e. The number of carbonyl (C=O) groups is 1. The van der Waals surface area contributed by atoms with E-state index in [1.54, 1.807) is 30.3 Å². The summed E-state index contributed by atoms with van der Waals surface area (Å²) in [5.74, 6) is -1.27. The number of amides is 1. The second-order valence-corrected chi connectivity index (χ2v) is 7.67. The zero-order valence-corrected chi connectivity index (χ0v) is 18.9. The quantitative estimate of drug-likeness (QED) is 0.314. The van der Waals surface area contributed by atoms with Crippen LogP contribution in [0.1, 0.15) is 16.7 Å². The van der Waals surface area contributed by atoms with Gasteiger partial charge in [-0.2, -0.15) is 0 Å². The molecule has 0 atom stereocenters. The molecule has 3 rings (SSSR count). The fourth-order valence-electron chi connectivity index (χ4n) is 3.72. The van der Waals surface area contributed by atoms with E-state index in [4.69, 9.17) is 4.74 Å². The maximum absolute atomic E-state index is 12.9. The number of rotatable bonds is 9. The summed E-state index contributed by atoms with van der Waals surface area (Å²) in [7, 11) is 0. The first kappa shape index (κ1) is 27.6. The van der Waals surface area contributed by atoms with Crippen molar-refractivity contribution in [2.75, 3.05) is 13.3 Å². The summed E-state index contributed by atoms with van der Waals surface area (Å²) >= 11 is 0. The lowest BCUT2D eigenvalue weighted by Crippen LogP contribution is -2.49. The molecule has 3 aromatic carbocycles. The second-order valence-electron chi connectivity index (χ2n) is 7.67. The first-order valence-corrected chi connectivity index (χ1v) is 10.7. The molecule has 3 aromatic rings. The number of nitrogens with one attached hydrogen (secondary N) is 1. The van der Waals surface area contributed by atoms with Crippen molar-refractivity contribution < 1.29 is 49.7 Å². The molecule has 0 fully saturated rings. The first-order chi connectivity index (χ1) is 17.4. The number of halogens is 7. The lowest BCUT2D eigenvalue weighted by Gasteiger charge is -2.36. The molecule has 0 aliphatic rings. The number of alkyl carbamates (subject to hydrolysis) is 1. The second kappa shape index (κ2) is 11.4. The molecule has 37 heavy (non-hydrogen) atoms. The van der Waals surface area contributed by atoms with Crippen LogP contribution in [0, 0.1) is 0 Å². The van der Waals surface area contributed by atoms with Crippen molar-refractivity contribution in [3.63, 3.8) is 0 Å². The molecule has 12 heteroatoms. The zero-order valence-electron chi connectivity index (χ0n) is 18.9. The van der Waals surface area contributed by atoms with Crippen LogP contribution in [-0.4, -0.2) is 32.1 Å². The van der Waals surface area contributed by atoms with E-state index in [1.165, 1.54) is 24.3 Å². The van der Waals surface area contributed by atoms with E-state index in [0.717, 1.165) is 24.3 Å². The number of ether oxygens (including phenoxy) is 3. The van der Waals surface area contributed by atoms with Crippen LogP contribution in [0.5, 0.6) is 11.5 Å². The highest BCUT2D eigenvalue weighted by atomic mass is 19.4. The van der Waals surface area contributed by atoms with E-state index in [0.29, 0.717) is 5.56 Å². The van der Waals surface area contributed by atoms with Crippen LogP contribution in [0.15, 0.2) is 78.9 Å². The summed E-state index contributed by atoms with van der Waals surface area (Å²) in [6, 6.07) is 17.5. The van der Waals surface area contributed by atoms with E-state index in [-0.39, 0.29) is 17.5 Å². The van der Waals surface area contributed by atoms with Gasteiger partial charge in [-0.05, 0) is 41.0 Å². The van der Waals surface area contributed by atoms with E-state index in [1.807, 2.05) is 0 Å². The maximum atomic E-state index is 12.9. The fourth-order valence-corrected chi connectivity index (χ4v) is 3.72. The predicted octanol–water partition coefficient (Wildman–Crippen LogP) is 6.67. The molecule has 0 aromatic heterocycles. The highest BCUT2D eigenvalue weighted by Gasteiger charge is 2.39. The monoisotopic (exact) mass is 531 g/mol. The van der Waals surface area contributed by atoms with E-state index < -0.39 is 49.1 Å². The average Bonchev–Trinajstić information content (AvgIpc) is 2.81. The van der Waals surface area contributed by atoms with Gasteiger partial charge >= 0.3 is 18.8 Å². The van der Waals surface area contributed by atoms with Crippen molar-refractivity contribution in [1.29, 1.82) is 0 Å². The fraction of sp³-hybridized carbons (Fsp3) is 0.240. The molecule has 5 nitrogen and oxygen atoms in total. The van der Waals surface area contributed by atoms with Gasteiger partial charge < -0.3 is 19.5 Å². The Hall–Kier alpha value is -3.96. The molecular weight excluding hydrogens is 511 g/mol. The molecule has 0 saturated carbocycles. The smallest absolute Gasteiger partial charge is 0.447 e. The van der Waals surface area contributed by atoms with Gasteiger partial charge in [-0.3, -0.25) is 0 Å². The molecule has 0 aliphatic heterocycles. The Morgan fingerprint density at radius 1 is 0.730 bits per heavy atom. The molecule has 0 spiro atoms. The molecule has 0 heterocycles. The number of hydrogen-bond donors (Lipinski definition) is 1. The Labute approximate surface area is 206 Å². The summed E-state index contributed by atoms with van der Waals surface area (Å²) < 4.78 is 103. The summed E-state index contributed by atoms with van der Waals surface area (Å²) in [6.07, 6.45) is -11.4. The SMILES string of the molecule is O=C(NC(Cc1ccccc1)(c1cccc(OC(F)(F)F)c1)c1cccc(OC(F)(F)F)c1)OCCF. The lowest BCUT2D eigenvalue weighted by molar-refractivity contribution is -0.275. The van der Waals surface area contributed by atoms with Crippen molar-refractivity contribution in [3.05, 3.63) is 95.6 Å². The van der Waals surface area contributed by atoms with Gasteiger partial charge in [0.2, 0.25) is 0 Å². The van der Waals surface area contributed by atoms with Crippen molar-refractivity contribution in [3.8, 4) is 11.5 Å². The van der Waals surface area contributed by atoms with E-state index in [9.17, 15) is 35.5 Å². The Bertz CT molecular complexity index is 1120. The van der Waals surface area contributed by atoms with Gasteiger partial charge in [-0.15, -0.1) is 26.3 Å². The number of alkyl halides is 7. The summed E-state index contributed by atoms with van der Waals surface area (Å²) in [5.41, 5.74) is -1.22. The third-order valence-corrected chi connectivity index (χ3v) is 5.06. The summed E-state index contributed by atoms with van der Waals surface area (Å²) in [6.45, 7) is -1.63. The van der Waals surface area contributed by atoms with Crippen LogP contribution >= 0.6 is 0 Å². The van der Waals surface area contributed by atoms with Crippen LogP contribution in [-0.2, 0) is 16.7 Å². The van der Waals surface area contributed by atoms with Crippen molar-refractivity contribution in [2.45, 2.75) is 24.7 Å². The third kappa shape index (κ3) is 8.02. The van der Waals surface area contributed by atoms with Crippen molar-refractivity contribution in [1.82, 2.24) is 5.32 Å². The van der Waals surface area contributed by atoms with Gasteiger partial charge in [0.05, 0.1) is 5.54 Å². The molecule has 0 saturated heterocycles. The van der Waals surface area contributed by atoms with Gasteiger partial charge in [-0.25, -0.2) is 9.18 Å². The normalized spacial score (nSPS) is 12.1. The Morgan fingerprint density at radius 2 is 1.24 bits per heavy atom. The van der Waals surface area contributed by atoms with E-state index >= 15 is 0 Å². The van der Waals surface area contributed by atoms with Gasteiger partial charge in [0.15, 0.2) is 0 Å². The Kier molecular flexibility index (Phi) is 8.51. The molecule has 198 valence electrons. The van der Waals surface area contributed by atoms with Gasteiger partial charge in [0.25, 0.3) is 0 Å². The van der Waals surface area contributed by atoms with Crippen LogP contribution in [0.3, 0.4) is 0 Å². The number of benzene rings is 3. The van der Waals surface area contributed by atoms with Crippen molar-refractivity contribution >= 4 is 6.09 Å². The molecule has 1 N–H and O–H groups in total. The molecule has 1 amide bonds. The van der Waals surface area contributed by atoms with Crippen LogP contribution < -0.4 is 14.8 Å². The molecule has 0 aliphatic carbocycles. The van der Waals surface area contributed by atoms with Gasteiger partial charge in [0, 0.05) is 6.42 Å². The highest BCUT2D eigenvalue weighted by Crippen LogP contribution is 2.38. The number of hydrogen-bond acceptors (Lipinski definition) is 4. The lowest BCUT2D eigenvalue weighted by atomic mass is 9.78. The van der Waals surface area contributed by atoms with Crippen LogP contribution in [0.2, 0.25) is 0 Å². The minimum atomic E-state index is -5.03. The van der Waals surface area contributed by atoms with Crippen molar-refractivity contribution in [2.24, 2.45) is 0 Å². The summed E-state index contributed by atoms with van der Waals surface area (Å²) in [5, 5.41) is 2.53. The zero-order chi connectivity index (χ0) is 27.1. The summed E-state index contributed by atoms with van der Waals surface area (Å²) in [4.78, 5) is 12.7.